The van der Waals surface area contributed by atoms with Gasteiger partial charge in [0.2, 0.25) is 0 Å². The predicted octanol–water partition coefficient (Wildman–Crippen LogP) is 2.01. The summed E-state index contributed by atoms with van der Waals surface area (Å²) in [6.07, 6.45) is 7.45. The van der Waals surface area contributed by atoms with E-state index in [1.54, 1.807) is 0 Å². The smallest absolute Gasteiger partial charge is 0.0297 e. The molecule has 4 aliphatic rings. The minimum Gasteiger partial charge on any atom is -0.269 e. The fourth-order valence-electron chi connectivity index (χ4n) is 4.65. The summed E-state index contributed by atoms with van der Waals surface area (Å²) in [6.45, 7) is 3.21. The first-order valence-electron chi connectivity index (χ1n) is 6.29. The zero-order valence-electron chi connectivity index (χ0n) is 9.15. The Labute approximate surface area is 86.8 Å². The van der Waals surface area contributed by atoms with Crippen molar-refractivity contribution in [1.29, 1.82) is 0 Å². The van der Waals surface area contributed by atoms with Crippen LogP contribution < -0.4 is 5.84 Å². The first kappa shape index (κ1) is 9.17. The molecule has 0 aromatic heterocycles. The first-order valence-corrected chi connectivity index (χ1v) is 6.29. The lowest BCUT2D eigenvalue weighted by Gasteiger charge is -2.56. The van der Waals surface area contributed by atoms with Gasteiger partial charge in [-0.3, -0.25) is 5.84 Å². The largest absolute Gasteiger partial charge is 0.269 e. The van der Waals surface area contributed by atoms with Gasteiger partial charge in [0, 0.05) is 12.6 Å². The van der Waals surface area contributed by atoms with Crippen molar-refractivity contribution in [2.45, 2.75) is 45.1 Å². The lowest BCUT2D eigenvalue weighted by molar-refractivity contribution is -0.0644. The number of hydrazine groups is 1. The lowest BCUT2D eigenvalue weighted by atomic mass is 9.54. The van der Waals surface area contributed by atoms with Crippen molar-refractivity contribution in [2.24, 2.45) is 29.5 Å². The second-order valence-corrected chi connectivity index (χ2v) is 5.75. The van der Waals surface area contributed by atoms with Crippen molar-refractivity contribution in [3.8, 4) is 0 Å². The number of rotatable bonds is 2. The third-order valence-corrected chi connectivity index (χ3v) is 4.93. The minimum atomic E-state index is 0.729. The molecule has 80 valence electrons. The van der Waals surface area contributed by atoms with Gasteiger partial charge in [0.15, 0.2) is 0 Å². The van der Waals surface area contributed by atoms with E-state index in [0.717, 1.165) is 36.3 Å². The third-order valence-electron chi connectivity index (χ3n) is 4.93. The SMILES string of the molecule is CCN(N)C1C2CC3CC(C2)CC1C3. The highest BCUT2D eigenvalue weighted by molar-refractivity contribution is 5.01. The average molecular weight is 194 g/mol. The van der Waals surface area contributed by atoms with Crippen LogP contribution in [0, 0.1) is 23.7 Å². The maximum Gasteiger partial charge on any atom is 0.0297 e. The van der Waals surface area contributed by atoms with Crippen molar-refractivity contribution >= 4 is 0 Å². The van der Waals surface area contributed by atoms with E-state index in [1.165, 1.54) is 32.1 Å². The lowest BCUT2D eigenvalue weighted by Crippen LogP contribution is -2.58. The second kappa shape index (κ2) is 3.21. The Morgan fingerprint density at radius 3 is 1.93 bits per heavy atom. The highest BCUT2D eigenvalue weighted by atomic mass is 15.4. The Bertz CT molecular complexity index is 198. The molecule has 0 spiro atoms. The Morgan fingerprint density at radius 2 is 1.50 bits per heavy atom. The standard InChI is InChI=1S/C12H22N2/c1-2-14(13)12-10-4-8-3-9(6-10)7-11(12)5-8/h8-12H,2-7,13H2,1H3. The molecule has 0 aromatic carbocycles. The molecule has 4 fully saturated rings. The highest BCUT2D eigenvalue weighted by Gasteiger charge is 2.49. The van der Waals surface area contributed by atoms with Gasteiger partial charge >= 0.3 is 0 Å². The first-order chi connectivity index (χ1) is 6.78. The van der Waals surface area contributed by atoms with Crippen LogP contribution in [0.15, 0.2) is 0 Å². The third kappa shape index (κ3) is 1.24. The van der Waals surface area contributed by atoms with Gasteiger partial charge in [0.05, 0.1) is 0 Å². The summed E-state index contributed by atoms with van der Waals surface area (Å²) in [7, 11) is 0. The van der Waals surface area contributed by atoms with Crippen molar-refractivity contribution in [1.82, 2.24) is 5.01 Å². The fourth-order valence-corrected chi connectivity index (χ4v) is 4.65. The van der Waals surface area contributed by atoms with E-state index < -0.39 is 0 Å². The normalized spacial score (nSPS) is 50.4. The van der Waals surface area contributed by atoms with E-state index in [4.69, 9.17) is 5.84 Å². The molecular weight excluding hydrogens is 172 g/mol. The molecular formula is C12H22N2. The molecule has 4 bridgehead atoms. The molecule has 2 N–H and O–H groups in total. The molecule has 0 heterocycles. The summed E-state index contributed by atoms with van der Waals surface area (Å²) in [4.78, 5) is 0. The number of hydrogen-bond donors (Lipinski definition) is 1. The van der Waals surface area contributed by atoms with E-state index in [9.17, 15) is 0 Å². The van der Waals surface area contributed by atoms with Gasteiger partial charge in [0.1, 0.15) is 0 Å². The summed E-state index contributed by atoms with van der Waals surface area (Å²) >= 11 is 0. The average Bonchev–Trinajstić information content (AvgIpc) is 2.15. The zero-order valence-corrected chi connectivity index (χ0v) is 9.15. The van der Waals surface area contributed by atoms with Crippen LogP contribution in [0.25, 0.3) is 0 Å². The highest BCUT2D eigenvalue weighted by Crippen LogP contribution is 2.54. The van der Waals surface area contributed by atoms with Crippen molar-refractivity contribution in [3.05, 3.63) is 0 Å². The van der Waals surface area contributed by atoms with Gasteiger partial charge in [-0.25, -0.2) is 5.01 Å². The topological polar surface area (TPSA) is 29.3 Å². The molecule has 0 unspecified atom stereocenters. The van der Waals surface area contributed by atoms with Crippen molar-refractivity contribution in [2.75, 3.05) is 6.54 Å². The van der Waals surface area contributed by atoms with E-state index in [2.05, 4.69) is 11.9 Å². The molecule has 4 aliphatic carbocycles. The van der Waals surface area contributed by atoms with Crippen LogP contribution in [-0.2, 0) is 0 Å². The molecule has 2 heteroatoms. The van der Waals surface area contributed by atoms with Crippen molar-refractivity contribution in [3.63, 3.8) is 0 Å². The summed E-state index contributed by atoms with van der Waals surface area (Å²) in [5, 5.41) is 2.13. The quantitative estimate of drug-likeness (QED) is 0.538. The molecule has 4 rings (SSSR count). The minimum absolute atomic E-state index is 0.729. The summed E-state index contributed by atoms with van der Waals surface area (Å²) in [5.74, 6) is 10.2. The second-order valence-electron chi connectivity index (χ2n) is 5.75. The Hall–Kier alpha value is -0.0800. The van der Waals surface area contributed by atoms with Gasteiger partial charge in [-0.15, -0.1) is 0 Å². The van der Waals surface area contributed by atoms with E-state index in [0.29, 0.717) is 0 Å². The summed E-state index contributed by atoms with van der Waals surface area (Å²) in [6, 6.07) is 0.729. The summed E-state index contributed by atoms with van der Waals surface area (Å²) < 4.78 is 0. The summed E-state index contributed by atoms with van der Waals surface area (Å²) in [5.41, 5.74) is 0. The van der Waals surface area contributed by atoms with Crippen LogP contribution >= 0.6 is 0 Å². The van der Waals surface area contributed by atoms with Crippen molar-refractivity contribution < 1.29 is 0 Å². The Kier molecular flexibility index (Phi) is 2.10. The monoisotopic (exact) mass is 194 g/mol. The van der Waals surface area contributed by atoms with Gasteiger partial charge in [0.25, 0.3) is 0 Å². The molecule has 2 nitrogen and oxygen atoms in total. The van der Waals surface area contributed by atoms with Gasteiger partial charge < -0.3 is 0 Å². The van der Waals surface area contributed by atoms with Gasteiger partial charge in [-0.2, -0.15) is 0 Å². The van der Waals surface area contributed by atoms with Crippen LogP contribution in [-0.4, -0.2) is 17.6 Å². The Morgan fingerprint density at radius 1 is 1.00 bits per heavy atom. The van der Waals surface area contributed by atoms with Crippen LogP contribution in [0.3, 0.4) is 0 Å². The molecule has 4 saturated carbocycles. The number of hydrogen-bond acceptors (Lipinski definition) is 2. The maximum atomic E-state index is 6.13. The predicted molar refractivity (Wildman–Crippen MR) is 57.4 cm³/mol. The molecule has 0 saturated heterocycles. The van der Waals surface area contributed by atoms with Crippen LogP contribution in [0.4, 0.5) is 0 Å². The van der Waals surface area contributed by atoms with Crippen LogP contribution in [0.1, 0.15) is 39.0 Å². The molecule has 0 aromatic rings. The molecule has 0 radical (unpaired) electrons. The van der Waals surface area contributed by atoms with Gasteiger partial charge in [-0.1, -0.05) is 6.92 Å². The fraction of sp³-hybridized carbons (Fsp3) is 1.00. The van der Waals surface area contributed by atoms with Crippen LogP contribution in [0.2, 0.25) is 0 Å². The van der Waals surface area contributed by atoms with E-state index in [-0.39, 0.29) is 0 Å². The zero-order chi connectivity index (χ0) is 9.71. The molecule has 0 atom stereocenters. The molecule has 0 aliphatic heterocycles. The number of nitrogens with two attached hydrogens (primary N) is 1. The molecule has 14 heavy (non-hydrogen) atoms. The maximum absolute atomic E-state index is 6.13. The Balaban J connectivity index is 1.81. The van der Waals surface area contributed by atoms with Gasteiger partial charge in [-0.05, 0) is 55.8 Å². The number of nitrogens with zero attached hydrogens (tertiary/aromatic N) is 1. The molecule has 0 amide bonds. The van der Waals surface area contributed by atoms with Crippen LogP contribution in [0.5, 0.6) is 0 Å². The van der Waals surface area contributed by atoms with E-state index in [1.807, 2.05) is 0 Å². The van der Waals surface area contributed by atoms with E-state index >= 15 is 0 Å².